The Balaban J connectivity index is 0. The van der Waals surface area contributed by atoms with E-state index in [4.69, 9.17) is 5.11 Å². The van der Waals surface area contributed by atoms with E-state index >= 15 is 0 Å². The molecular formula is C16H30O8. The zero-order valence-corrected chi connectivity index (χ0v) is 15.4. The number of hydrogen-bond donors (Lipinski definition) is 1. The molecule has 142 valence electrons. The molecule has 0 aliphatic rings. The standard InChI is InChI=1S/C10H18O6.C6H12O2/c1-5-7(3)13-9(11)15-16-10(12)14-8(4)6-2;1-3-5(4-2)6(7)8/h7-8H,5-6H2,1-4H3;5H,3-4H2,1-2H3,(H,7,8). The molecule has 0 radical (unpaired) electrons. The first kappa shape index (κ1) is 24.3. The Hall–Kier alpha value is -1.99. The van der Waals surface area contributed by atoms with E-state index in [1.807, 2.05) is 27.7 Å². The lowest BCUT2D eigenvalue weighted by Gasteiger charge is -2.11. The molecule has 8 nitrogen and oxygen atoms in total. The Bertz CT molecular complexity index is 341. The van der Waals surface area contributed by atoms with E-state index in [1.165, 1.54) is 0 Å². The molecule has 0 spiro atoms. The van der Waals surface area contributed by atoms with Crippen molar-refractivity contribution in [1.29, 1.82) is 0 Å². The fourth-order valence-corrected chi connectivity index (χ4v) is 1.24. The molecule has 0 rings (SSSR count). The largest absolute Gasteiger partial charge is 0.550 e. The summed E-state index contributed by atoms with van der Waals surface area (Å²) in [5.41, 5.74) is 0. The van der Waals surface area contributed by atoms with Crippen LogP contribution in [0.3, 0.4) is 0 Å². The molecule has 8 heteroatoms. The Morgan fingerprint density at radius 3 is 1.25 bits per heavy atom. The van der Waals surface area contributed by atoms with Crippen molar-refractivity contribution in [2.45, 2.75) is 79.4 Å². The molecule has 24 heavy (non-hydrogen) atoms. The Morgan fingerprint density at radius 1 is 0.750 bits per heavy atom. The van der Waals surface area contributed by atoms with E-state index in [1.54, 1.807) is 13.8 Å². The van der Waals surface area contributed by atoms with Crippen LogP contribution in [0.2, 0.25) is 0 Å². The van der Waals surface area contributed by atoms with Gasteiger partial charge in [0.15, 0.2) is 0 Å². The van der Waals surface area contributed by atoms with E-state index in [0.29, 0.717) is 12.8 Å². The van der Waals surface area contributed by atoms with Crippen LogP contribution in [0.25, 0.3) is 0 Å². The number of hydrogen-bond acceptors (Lipinski definition) is 7. The predicted molar refractivity (Wildman–Crippen MR) is 86.3 cm³/mol. The van der Waals surface area contributed by atoms with E-state index in [-0.39, 0.29) is 18.1 Å². The predicted octanol–water partition coefficient (Wildman–Crippen LogP) is 4.31. The van der Waals surface area contributed by atoms with Gasteiger partial charge in [-0.2, -0.15) is 19.4 Å². The van der Waals surface area contributed by atoms with Gasteiger partial charge in [0, 0.05) is 0 Å². The number of carbonyl (C=O) groups excluding carboxylic acids is 2. The van der Waals surface area contributed by atoms with Crippen LogP contribution in [0.5, 0.6) is 0 Å². The van der Waals surface area contributed by atoms with Gasteiger partial charge in [0.25, 0.3) is 0 Å². The first-order valence-corrected chi connectivity index (χ1v) is 8.20. The van der Waals surface area contributed by atoms with Crippen molar-refractivity contribution in [1.82, 2.24) is 0 Å². The van der Waals surface area contributed by atoms with E-state index in [2.05, 4.69) is 19.2 Å². The highest BCUT2D eigenvalue weighted by Gasteiger charge is 2.16. The lowest BCUT2D eigenvalue weighted by molar-refractivity contribution is -0.223. The zero-order valence-electron chi connectivity index (χ0n) is 15.4. The number of ether oxygens (including phenoxy) is 2. The fourth-order valence-electron chi connectivity index (χ4n) is 1.24. The maximum Gasteiger partial charge on any atom is 0.550 e. The number of carbonyl (C=O) groups is 3. The summed E-state index contributed by atoms with van der Waals surface area (Å²) >= 11 is 0. The molecule has 0 heterocycles. The summed E-state index contributed by atoms with van der Waals surface area (Å²) in [6.45, 7) is 10.9. The highest BCUT2D eigenvalue weighted by Crippen LogP contribution is 2.05. The van der Waals surface area contributed by atoms with Crippen LogP contribution >= 0.6 is 0 Å². The molecule has 1 N–H and O–H groups in total. The molecule has 0 aromatic rings. The van der Waals surface area contributed by atoms with Crippen molar-refractivity contribution < 1.29 is 38.7 Å². The number of carboxylic acids is 1. The summed E-state index contributed by atoms with van der Waals surface area (Å²) in [5.74, 6) is -0.801. The second-order valence-electron chi connectivity index (χ2n) is 5.19. The van der Waals surface area contributed by atoms with E-state index < -0.39 is 18.3 Å². The summed E-state index contributed by atoms with van der Waals surface area (Å²) < 4.78 is 9.37. The van der Waals surface area contributed by atoms with Crippen LogP contribution in [0.15, 0.2) is 0 Å². The molecule has 0 fully saturated rings. The van der Waals surface area contributed by atoms with Gasteiger partial charge in [0.05, 0.1) is 5.92 Å². The quantitative estimate of drug-likeness (QED) is 0.411. The summed E-state index contributed by atoms with van der Waals surface area (Å²) in [7, 11) is 0. The molecule has 0 saturated carbocycles. The second-order valence-corrected chi connectivity index (χ2v) is 5.19. The minimum atomic E-state index is -1.06. The van der Waals surface area contributed by atoms with Crippen LogP contribution in [-0.2, 0) is 24.0 Å². The lowest BCUT2D eigenvalue weighted by Crippen LogP contribution is -2.20. The monoisotopic (exact) mass is 350 g/mol. The van der Waals surface area contributed by atoms with Gasteiger partial charge in [0.2, 0.25) is 0 Å². The van der Waals surface area contributed by atoms with Crippen molar-refractivity contribution in [3.8, 4) is 0 Å². The third-order valence-corrected chi connectivity index (χ3v) is 3.26. The summed E-state index contributed by atoms with van der Waals surface area (Å²) in [6, 6.07) is 0. The molecule has 2 unspecified atom stereocenters. The minimum absolute atomic E-state index is 0.130. The van der Waals surface area contributed by atoms with E-state index in [0.717, 1.165) is 12.8 Å². The van der Waals surface area contributed by atoms with Gasteiger partial charge < -0.3 is 14.6 Å². The van der Waals surface area contributed by atoms with Crippen molar-refractivity contribution in [3.63, 3.8) is 0 Å². The van der Waals surface area contributed by atoms with Crippen LogP contribution in [0.1, 0.15) is 67.2 Å². The third kappa shape index (κ3) is 13.7. The highest BCUT2D eigenvalue weighted by molar-refractivity contribution is 5.69. The Labute approximate surface area is 143 Å². The topological polar surface area (TPSA) is 108 Å². The highest BCUT2D eigenvalue weighted by atomic mass is 17.3. The molecule has 0 amide bonds. The van der Waals surface area contributed by atoms with E-state index in [9.17, 15) is 14.4 Å². The first-order valence-electron chi connectivity index (χ1n) is 8.20. The molecule has 2 atom stereocenters. The summed E-state index contributed by atoms with van der Waals surface area (Å²) in [5, 5.41) is 8.37. The van der Waals surface area contributed by atoms with Gasteiger partial charge in [-0.1, -0.05) is 27.7 Å². The number of rotatable bonds is 7. The van der Waals surface area contributed by atoms with Gasteiger partial charge >= 0.3 is 18.3 Å². The molecular weight excluding hydrogens is 320 g/mol. The zero-order chi connectivity index (χ0) is 19.1. The van der Waals surface area contributed by atoms with Crippen LogP contribution in [-0.4, -0.2) is 35.6 Å². The molecule has 0 saturated heterocycles. The normalized spacial score (nSPS) is 12.3. The average molecular weight is 350 g/mol. The maximum absolute atomic E-state index is 10.9. The molecule has 0 aromatic heterocycles. The van der Waals surface area contributed by atoms with Crippen molar-refractivity contribution in [3.05, 3.63) is 0 Å². The van der Waals surface area contributed by atoms with Crippen molar-refractivity contribution in [2.24, 2.45) is 5.92 Å². The fraction of sp³-hybridized carbons (Fsp3) is 0.812. The average Bonchev–Trinajstić information content (AvgIpc) is 2.54. The van der Waals surface area contributed by atoms with Gasteiger partial charge in [-0.15, -0.1) is 0 Å². The molecule has 0 aromatic carbocycles. The number of aliphatic carboxylic acids is 1. The van der Waals surface area contributed by atoms with Crippen LogP contribution in [0.4, 0.5) is 9.59 Å². The van der Waals surface area contributed by atoms with Crippen LogP contribution in [0, 0.1) is 5.92 Å². The van der Waals surface area contributed by atoms with Crippen molar-refractivity contribution >= 4 is 18.3 Å². The minimum Gasteiger partial charge on any atom is -0.481 e. The number of carboxylic acid groups (broad SMARTS) is 1. The SMILES string of the molecule is CCC(C)OC(=O)OOC(=O)OC(C)CC.CCC(CC)C(=O)O. The van der Waals surface area contributed by atoms with Crippen molar-refractivity contribution in [2.75, 3.05) is 0 Å². The summed E-state index contributed by atoms with van der Waals surface area (Å²) in [6.07, 6.45) is 0.0746. The molecule has 0 aliphatic heterocycles. The Morgan fingerprint density at radius 2 is 1.08 bits per heavy atom. The molecule has 0 aliphatic carbocycles. The van der Waals surface area contributed by atoms with Gasteiger partial charge in [-0.3, -0.25) is 4.79 Å². The first-order chi connectivity index (χ1) is 11.2. The lowest BCUT2D eigenvalue weighted by atomic mass is 10.1. The smallest absolute Gasteiger partial charge is 0.481 e. The third-order valence-electron chi connectivity index (χ3n) is 3.26. The molecule has 0 bridgehead atoms. The van der Waals surface area contributed by atoms with Gasteiger partial charge in [0.1, 0.15) is 12.2 Å². The van der Waals surface area contributed by atoms with Crippen LogP contribution < -0.4 is 0 Å². The second kappa shape index (κ2) is 14.6. The van der Waals surface area contributed by atoms with Gasteiger partial charge in [-0.25, -0.2) is 0 Å². The van der Waals surface area contributed by atoms with Gasteiger partial charge in [-0.05, 0) is 39.5 Å². The Kier molecular flexibility index (Phi) is 14.8. The maximum atomic E-state index is 10.9. The summed E-state index contributed by atoms with van der Waals surface area (Å²) in [4.78, 5) is 40.1.